The van der Waals surface area contributed by atoms with E-state index in [0.717, 1.165) is 24.8 Å². The van der Waals surface area contributed by atoms with Crippen LogP contribution in [0.15, 0.2) is 60.7 Å². The van der Waals surface area contributed by atoms with Crippen molar-refractivity contribution >= 4 is 5.91 Å². The lowest BCUT2D eigenvalue weighted by atomic mass is 9.80. The van der Waals surface area contributed by atoms with Crippen LogP contribution in [0, 0.1) is 0 Å². The highest BCUT2D eigenvalue weighted by molar-refractivity contribution is 5.82. The number of ether oxygens (including phenoxy) is 1. The first-order valence-corrected chi connectivity index (χ1v) is 7.93. The van der Waals surface area contributed by atoms with Crippen LogP contribution >= 0.6 is 0 Å². The molecular formula is C19H21NO3. The van der Waals surface area contributed by atoms with E-state index in [9.17, 15) is 9.90 Å². The lowest BCUT2D eigenvalue weighted by Gasteiger charge is -2.36. The van der Waals surface area contributed by atoms with Gasteiger partial charge in [-0.2, -0.15) is 0 Å². The zero-order valence-electron chi connectivity index (χ0n) is 12.9. The number of rotatable bonds is 6. The second-order valence-corrected chi connectivity index (χ2v) is 6.02. The van der Waals surface area contributed by atoms with Gasteiger partial charge >= 0.3 is 0 Å². The summed E-state index contributed by atoms with van der Waals surface area (Å²) in [5, 5.41) is 13.0. The predicted molar refractivity (Wildman–Crippen MR) is 88.1 cm³/mol. The normalized spacial score (nSPS) is 16.9. The number of carbonyl (C=O) groups excluding carboxylic acids is 1. The summed E-state index contributed by atoms with van der Waals surface area (Å²) >= 11 is 0. The largest absolute Gasteiger partial charge is 0.476 e. The van der Waals surface area contributed by atoms with Gasteiger partial charge in [-0.05, 0) is 31.4 Å². The number of nitrogens with one attached hydrogen (secondary N) is 1. The van der Waals surface area contributed by atoms with Crippen molar-refractivity contribution in [1.29, 1.82) is 0 Å². The Morgan fingerprint density at radius 1 is 1.09 bits per heavy atom. The highest BCUT2D eigenvalue weighted by Gasteiger charge is 2.35. The third-order valence-electron chi connectivity index (χ3n) is 4.21. The van der Waals surface area contributed by atoms with Crippen LogP contribution in [0.2, 0.25) is 0 Å². The van der Waals surface area contributed by atoms with Gasteiger partial charge in [-0.25, -0.2) is 0 Å². The molecule has 1 atom stereocenters. The van der Waals surface area contributed by atoms with Gasteiger partial charge in [0.25, 0.3) is 5.91 Å². The molecule has 0 aromatic heterocycles. The Morgan fingerprint density at radius 3 is 2.26 bits per heavy atom. The number of hydrogen-bond acceptors (Lipinski definition) is 3. The van der Waals surface area contributed by atoms with Crippen molar-refractivity contribution < 1.29 is 14.6 Å². The molecule has 120 valence electrons. The van der Waals surface area contributed by atoms with E-state index in [1.807, 2.05) is 60.7 Å². The van der Waals surface area contributed by atoms with Crippen molar-refractivity contribution in [1.82, 2.24) is 5.32 Å². The lowest BCUT2D eigenvalue weighted by Crippen LogP contribution is -2.49. The summed E-state index contributed by atoms with van der Waals surface area (Å²) < 4.78 is 5.89. The number of hydrogen-bond donors (Lipinski definition) is 2. The van der Waals surface area contributed by atoms with Crippen LogP contribution in [0.4, 0.5) is 0 Å². The van der Waals surface area contributed by atoms with Crippen molar-refractivity contribution in [2.75, 3.05) is 6.54 Å². The summed E-state index contributed by atoms with van der Waals surface area (Å²) in [4.78, 5) is 12.6. The Morgan fingerprint density at radius 2 is 1.70 bits per heavy atom. The minimum Gasteiger partial charge on any atom is -0.476 e. The molecule has 2 aromatic rings. The SMILES string of the molecule is O=C(NCC1(O)CCC1)C(Oc1ccccc1)c1ccccc1. The first-order chi connectivity index (χ1) is 11.2. The van der Waals surface area contributed by atoms with Crippen LogP contribution in [0.1, 0.15) is 30.9 Å². The fourth-order valence-electron chi connectivity index (χ4n) is 2.64. The monoisotopic (exact) mass is 311 g/mol. The fourth-order valence-corrected chi connectivity index (χ4v) is 2.64. The molecule has 2 aromatic carbocycles. The smallest absolute Gasteiger partial charge is 0.265 e. The van der Waals surface area contributed by atoms with Gasteiger partial charge in [-0.1, -0.05) is 48.5 Å². The van der Waals surface area contributed by atoms with E-state index in [2.05, 4.69) is 5.32 Å². The maximum Gasteiger partial charge on any atom is 0.265 e. The Labute approximate surface area is 136 Å². The minimum atomic E-state index is -0.746. The van der Waals surface area contributed by atoms with Crippen molar-refractivity contribution in [3.05, 3.63) is 66.2 Å². The number of para-hydroxylation sites is 1. The molecule has 1 amide bonds. The average molecular weight is 311 g/mol. The van der Waals surface area contributed by atoms with Crippen LogP contribution < -0.4 is 10.1 Å². The van der Waals surface area contributed by atoms with Crippen LogP contribution in [0.3, 0.4) is 0 Å². The quantitative estimate of drug-likeness (QED) is 0.862. The van der Waals surface area contributed by atoms with E-state index in [0.29, 0.717) is 5.75 Å². The summed E-state index contributed by atoms with van der Waals surface area (Å²) in [6.45, 7) is 0.271. The van der Waals surface area contributed by atoms with Gasteiger partial charge in [-0.3, -0.25) is 4.79 Å². The summed E-state index contributed by atoms with van der Waals surface area (Å²) in [6, 6.07) is 18.7. The number of benzene rings is 2. The van der Waals surface area contributed by atoms with E-state index in [1.54, 1.807) is 0 Å². The molecule has 1 aliphatic rings. The molecule has 0 saturated heterocycles. The Hall–Kier alpha value is -2.33. The average Bonchev–Trinajstić information content (AvgIpc) is 2.57. The van der Waals surface area contributed by atoms with Gasteiger partial charge in [0, 0.05) is 12.1 Å². The van der Waals surface area contributed by atoms with E-state index in [-0.39, 0.29) is 12.5 Å². The molecule has 3 rings (SSSR count). The molecule has 1 saturated carbocycles. The second-order valence-electron chi connectivity index (χ2n) is 6.02. The first kappa shape index (κ1) is 15.6. The van der Waals surface area contributed by atoms with E-state index < -0.39 is 11.7 Å². The molecule has 1 aliphatic carbocycles. The number of aliphatic hydroxyl groups is 1. The molecule has 0 radical (unpaired) electrons. The number of amides is 1. The standard InChI is InChI=1S/C19H21NO3/c21-18(20-14-19(22)12-7-13-19)17(15-8-3-1-4-9-15)23-16-10-5-2-6-11-16/h1-6,8-11,17,22H,7,12-14H2,(H,20,21). The van der Waals surface area contributed by atoms with Gasteiger partial charge in [-0.15, -0.1) is 0 Å². The van der Waals surface area contributed by atoms with E-state index >= 15 is 0 Å². The fraction of sp³-hybridized carbons (Fsp3) is 0.316. The van der Waals surface area contributed by atoms with Crippen LogP contribution in [-0.2, 0) is 4.79 Å². The Balaban J connectivity index is 1.73. The Kier molecular flexibility index (Phi) is 4.63. The highest BCUT2D eigenvalue weighted by atomic mass is 16.5. The summed E-state index contributed by atoms with van der Waals surface area (Å²) in [7, 11) is 0. The predicted octanol–water partition coefficient (Wildman–Crippen LogP) is 2.84. The van der Waals surface area contributed by atoms with E-state index in [1.165, 1.54) is 0 Å². The first-order valence-electron chi connectivity index (χ1n) is 7.93. The maximum absolute atomic E-state index is 12.6. The van der Waals surface area contributed by atoms with Crippen molar-refractivity contribution in [2.45, 2.75) is 31.0 Å². The Bertz CT molecular complexity index is 638. The van der Waals surface area contributed by atoms with Crippen molar-refractivity contribution in [3.8, 4) is 5.75 Å². The van der Waals surface area contributed by atoms with E-state index in [4.69, 9.17) is 4.74 Å². The van der Waals surface area contributed by atoms with Crippen LogP contribution in [0.5, 0.6) is 5.75 Å². The van der Waals surface area contributed by atoms with Gasteiger partial charge in [0.05, 0.1) is 5.60 Å². The number of carbonyl (C=O) groups is 1. The molecule has 4 nitrogen and oxygen atoms in total. The van der Waals surface area contributed by atoms with Crippen LogP contribution in [-0.4, -0.2) is 23.2 Å². The molecule has 4 heteroatoms. The molecule has 0 heterocycles. The molecule has 1 fully saturated rings. The molecule has 23 heavy (non-hydrogen) atoms. The molecule has 0 spiro atoms. The third-order valence-corrected chi connectivity index (χ3v) is 4.21. The third kappa shape index (κ3) is 3.90. The van der Waals surface area contributed by atoms with Crippen molar-refractivity contribution in [2.24, 2.45) is 0 Å². The molecule has 0 bridgehead atoms. The summed E-state index contributed by atoms with van der Waals surface area (Å²) in [5.41, 5.74) is 0.0401. The van der Waals surface area contributed by atoms with Gasteiger partial charge in [0.1, 0.15) is 5.75 Å². The zero-order valence-corrected chi connectivity index (χ0v) is 12.9. The van der Waals surface area contributed by atoms with Gasteiger partial charge < -0.3 is 15.2 Å². The molecule has 0 aliphatic heterocycles. The maximum atomic E-state index is 12.6. The summed E-state index contributed by atoms with van der Waals surface area (Å²) in [5.74, 6) is 0.402. The summed E-state index contributed by atoms with van der Waals surface area (Å²) in [6.07, 6.45) is 1.75. The van der Waals surface area contributed by atoms with Crippen LogP contribution in [0.25, 0.3) is 0 Å². The topological polar surface area (TPSA) is 58.6 Å². The van der Waals surface area contributed by atoms with Crippen molar-refractivity contribution in [3.63, 3.8) is 0 Å². The zero-order chi connectivity index (χ0) is 16.1. The molecule has 1 unspecified atom stereocenters. The lowest BCUT2D eigenvalue weighted by molar-refractivity contribution is -0.130. The second kappa shape index (κ2) is 6.84. The van der Waals surface area contributed by atoms with Gasteiger partial charge in [0.2, 0.25) is 6.10 Å². The van der Waals surface area contributed by atoms with Gasteiger partial charge in [0.15, 0.2) is 0 Å². The molecule has 2 N–H and O–H groups in total. The minimum absolute atomic E-state index is 0.236. The molecular weight excluding hydrogens is 290 g/mol. The highest BCUT2D eigenvalue weighted by Crippen LogP contribution is 2.31.